The second kappa shape index (κ2) is 12.7. The molecule has 1 unspecified atom stereocenters. The van der Waals surface area contributed by atoms with E-state index in [0.29, 0.717) is 32.3 Å². The highest BCUT2D eigenvalue weighted by molar-refractivity contribution is 14.0. The number of aliphatic imine (C=N–C) groups is 1. The fraction of sp³-hybridized carbons (Fsp3) is 0.409. The molecule has 30 heavy (non-hydrogen) atoms. The lowest BCUT2D eigenvalue weighted by Crippen LogP contribution is -2.46. The van der Waals surface area contributed by atoms with Crippen molar-refractivity contribution in [3.05, 3.63) is 65.5 Å². The van der Waals surface area contributed by atoms with Gasteiger partial charge < -0.3 is 20.1 Å². The minimum absolute atomic E-state index is 0. The molecule has 2 aromatic carbocycles. The van der Waals surface area contributed by atoms with E-state index in [2.05, 4.69) is 20.5 Å². The van der Waals surface area contributed by atoms with Gasteiger partial charge in [-0.1, -0.05) is 30.3 Å². The molecule has 0 saturated carbocycles. The van der Waals surface area contributed by atoms with E-state index in [-0.39, 0.29) is 35.8 Å². The maximum absolute atomic E-state index is 13.4. The van der Waals surface area contributed by atoms with Crippen LogP contribution in [0.1, 0.15) is 17.2 Å². The number of halogens is 2. The number of morpholine rings is 1. The number of para-hydroxylation sites is 1. The summed E-state index contributed by atoms with van der Waals surface area (Å²) in [4.78, 5) is 6.69. The second-order valence-corrected chi connectivity index (χ2v) is 6.83. The second-order valence-electron chi connectivity index (χ2n) is 6.83. The van der Waals surface area contributed by atoms with Gasteiger partial charge in [0.2, 0.25) is 0 Å². The van der Waals surface area contributed by atoms with E-state index >= 15 is 0 Å². The molecule has 0 aromatic heterocycles. The van der Waals surface area contributed by atoms with Crippen molar-refractivity contribution in [2.45, 2.75) is 12.6 Å². The Morgan fingerprint density at radius 2 is 1.83 bits per heavy atom. The van der Waals surface area contributed by atoms with Crippen molar-refractivity contribution < 1.29 is 13.9 Å². The standard InChI is InChI=1S/C22H29FN4O2.HI/c1-24-22(25-15-18-5-3-4-6-21(18)28-2)26-16-20(27-11-13-29-14-12-27)17-7-9-19(23)10-8-17;/h3-10,20H,11-16H2,1-2H3,(H2,24,25,26);1H. The zero-order valence-corrected chi connectivity index (χ0v) is 19.8. The first-order valence-electron chi connectivity index (χ1n) is 9.85. The van der Waals surface area contributed by atoms with Gasteiger partial charge in [-0.3, -0.25) is 9.89 Å². The molecule has 1 aliphatic heterocycles. The highest BCUT2D eigenvalue weighted by Crippen LogP contribution is 2.22. The summed E-state index contributed by atoms with van der Waals surface area (Å²) in [6, 6.07) is 14.7. The minimum Gasteiger partial charge on any atom is -0.496 e. The van der Waals surface area contributed by atoms with E-state index in [1.54, 1.807) is 14.2 Å². The number of benzene rings is 2. The summed E-state index contributed by atoms with van der Waals surface area (Å²) in [5.41, 5.74) is 2.13. The maximum atomic E-state index is 13.4. The van der Waals surface area contributed by atoms with Crippen LogP contribution in [0.5, 0.6) is 5.75 Å². The molecule has 0 aliphatic carbocycles. The predicted molar refractivity (Wildman–Crippen MR) is 128 cm³/mol. The van der Waals surface area contributed by atoms with Crippen molar-refractivity contribution in [3.8, 4) is 5.75 Å². The van der Waals surface area contributed by atoms with Crippen LogP contribution >= 0.6 is 24.0 Å². The molecule has 2 N–H and O–H groups in total. The van der Waals surface area contributed by atoms with Gasteiger partial charge in [-0.05, 0) is 23.8 Å². The van der Waals surface area contributed by atoms with Crippen molar-refractivity contribution in [1.82, 2.24) is 15.5 Å². The molecule has 1 fully saturated rings. The van der Waals surface area contributed by atoms with Crippen LogP contribution in [0.15, 0.2) is 53.5 Å². The Bertz CT molecular complexity index is 798. The molecule has 2 aromatic rings. The molecule has 0 bridgehead atoms. The van der Waals surface area contributed by atoms with E-state index < -0.39 is 0 Å². The van der Waals surface area contributed by atoms with Crippen molar-refractivity contribution in [1.29, 1.82) is 0 Å². The van der Waals surface area contributed by atoms with Crippen molar-refractivity contribution in [3.63, 3.8) is 0 Å². The fourth-order valence-electron chi connectivity index (χ4n) is 3.47. The molecule has 164 valence electrons. The quantitative estimate of drug-likeness (QED) is 0.329. The number of guanidine groups is 1. The average molecular weight is 528 g/mol. The zero-order valence-electron chi connectivity index (χ0n) is 17.4. The van der Waals surface area contributed by atoms with Crippen molar-refractivity contribution >= 4 is 29.9 Å². The molecule has 0 radical (unpaired) electrons. The van der Waals surface area contributed by atoms with Crippen molar-refractivity contribution in [2.24, 2.45) is 4.99 Å². The molecule has 8 heteroatoms. The topological polar surface area (TPSA) is 58.1 Å². The largest absolute Gasteiger partial charge is 0.496 e. The maximum Gasteiger partial charge on any atom is 0.191 e. The van der Waals surface area contributed by atoms with Crippen LogP contribution in [-0.4, -0.2) is 57.9 Å². The van der Waals surface area contributed by atoms with Crippen LogP contribution in [0.4, 0.5) is 4.39 Å². The molecule has 0 spiro atoms. The SMILES string of the molecule is CN=C(NCc1ccccc1OC)NCC(c1ccc(F)cc1)N1CCOCC1.I. The zero-order chi connectivity index (χ0) is 20.5. The number of methoxy groups -OCH3 is 1. The molecule has 1 heterocycles. The molecule has 1 atom stereocenters. The van der Waals surface area contributed by atoms with Gasteiger partial charge >= 0.3 is 0 Å². The normalized spacial score (nSPS) is 15.8. The Morgan fingerprint density at radius 3 is 2.50 bits per heavy atom. The lowest BCUT2D eigenvalue weighted by molar-refractivity contribution is 0.0170. The third-order valence-corrected chi connectivity index (χ3v) is 5.07. The lowest BCUT2D eigenvalue weighted by atomic mass is 10.0. The summed E-state index contributed by atoms with van der Waals surface area (Å²) in [6.45, 7) is 4.35. The Labute approximate surface area is 194 Å². The van der Waals surface area contributed by atoms with Gasteiger partial charge in [-0.25, -0.2) is 4.39 Å². The van der Waals surface area contributed by atoms with Crippen molar-refractivity contribution in [2.75, 3.05) is 47.0 Å². The number of ether oxygens (including phenoxy) is 2. The van der Waals surface area contributed by atoms with Gasteiger partial charge in [0.15, 0.2) is 5.96 Å². The molecular formula is C22H30FIN4O2. The molecule has 3 rings (SSSR count). The molecule has 6 nitrogen and oxygen atoms in total. The lowest BCUT2D eigenvalue weighted by Gasteiger charge is -2.35. The molecular weight excluding hydrogens is 498 g/mol. The van der Waals surface area contributed by atoms with E-state index in [4.69, 9.17) is 9.47 Å². The smallest absolute Gasteiger partial charge is 0.191 e. The van der Waals surface area contributed by atoms with Crippen LogP contribution in [0.2, 0.25) is 0 Å². The highest BCUT2D eigenvalue weighted by atomic mass is 127. The predicted octanol–water partition coefficient (Wildman–Crippen LogP) is 3.19. The summed E-state index contributed by atoms with van der Waals surface area (Å²) in [6.07, 6.45) is 0. The van der Waals surface area contributed by atoms with Gasteiger partial charge in [-0.2, -0.15) is 0 Å². The van der Waals surface area contributed by atoms with E-state index in [0.717, 1.165) is 30.0 Å². The van der Waals surface area contributed by atoms with Gasteiger partial charge in [0, 0.05) is 38.8 Å². The Balaban J connectivity index is 0.00000320. The first-order chi connectivity index (χ1) is 14.2. The monoisotopic (exact) mass is 528 g/mol. The van der Waals surface area contributed by atoms with E-state index in [1.807, 2.05) is 36.4 Å². The average Bonchev–Trinajstić information content (AvgIpc) is 2.78. The van der Waals surface area contributed by atoms with E-state index in [1.165, 1.54) is 12.1 Å². The third-order valence-electron chi connectivity index (χ3n) is 5.07. The van der Waals surface area contributed by atoms with Gasteiger partial charge in [0.25, 0.3) is 0 Å². The molecule has 0 amide bonds. The molecule has 1 aliphatic rings. The van der Waals surface area contributed by atoms with Gasteiger partial charge in [0.1, 0.15) is 11.6 Å². The third kappa shape index (κ3) is 6.82. The van der Waals surface area contributed by atoms with Gasteiger partial charge in [0.05, 0.1) is 26.4 Å². The summed E-state index contributed by atoms with van der Waals surface area (Å²) < 4.78 is 24.3. The minimum atomic E-state index is -0.225. The van der Waals surface area contributed by atoms with Crippen LogP contribution in [-0.2, 0) is 11.3 Å². The summed E-state index contributed by atoms with van der Waals surface area (Å²) >= 11 is 0. The van der Waals surface area contributed by atoms with Crippen LogP contribution in [0, 0.1) is 5.82 Å². The Hall–Kier alpha value is -1.91. The van der Waals surface area contributed by atoms with Gasteiger partial charge in [-0.15, -0.1) is 24.0 Å². The summed E-state index contributed by atoms with van der Waals surface area (Å²) in [7, 11) is 3.42. The first-order valence-corrected chi connectivity index (χ1v) is 9.85. The van der Waals surface area contributed by atoms with E-state index in [9.17, 15) is 4.39 Å². The highest BCUT2D eigenvalue weighted by Gasteiger charge is 2.23. The number of rotatable bonds is 7. The Kier molecular flexibility index (Phi) is 10.3. The fourth-order valence-corrected chi connectivity index (χ4v) is 3.47. The summed E-state index contributed by atoms with van der Waals surface area (Å²) in [5, 5.41) is 6.74. The number of nitrogens with one attached hydrogen (secondary N) is 2. The molecule has 1 saturated heterocycles. The number of nitrogens with zero attached hydrogens (tertiary/aromatic N) is 2. The Morgan fingerprint density at radius 1 is 1.13 bits per heavy atom. The number of hydrogen-bond donors (Lipinski definition) is 2. The van der Waals surface area contributed by atoms with Crippen LogP contribution in [0.3, 0.4) is 0 Å². The number of hydrogen-bond acceptors (Lipinski definition) is 4. The van der Waals surface area contributed by atoms with Crippen LogP contribution in [0.25, 0.3) is 0 Å². The summed E-state index contributed by atoms with van der Waals surface area (Å²) in [5.74, 6) is 1.32. The first kappa shape index (κ1) is 24.4. The van der Waals surface area contributed by atoms with Crippen LogP contribution < -0.4 is 15.4 Å².